The first-order chi connectivity index (χ1) is 13.0. The van der Waals surface area contributed by atoms with E-state index in [2.05, 4.69) is 15.5 Å². The molecule has 140 valence electrons. The monoisotopic (exact) mass is 441 g/mol. The minimum atomic E-state index is -0.144. The fourth-order valence-corrected chi connectivity index (χ4v) is 3.90. The summed E-state index contributed by atoms with van der Waals surface area (Å²) >= 11 is 19.5. The number of halogens is 3. The quantitative estimate of drug-likeness (QED) is 0.541. The number of carbonyl (C=O) groups excluding carboxylic acids is 1. The van der Waals surface area contributed by atoms with Crippen LogP contribution in [0.3, 0.4) is 0 Å². The average Bonchev–Trinajstić information content (AvgIpc) is 3.12. The SMILES string of the molecule is O=C(CSCc1c(Cl)cccc1Cl)NCc1nc(-c2ccc(Cl)cc2)no1. The van der Waals surface area contributed by atoms with Gasteiger partial charge in [0.15, 0.2) is 0 Å². The molecule has 0 saturated heterocycles. The van der Waals surface area contributed by atoms with E-state index in [9.17, 15) is 4.79 Å². The van der Waals surface area contributed by atoms with Crippen LogP contribution < -0.4 is 5.32 Å². The molecule has 9 heteroatoms. The van der Waals surface area contributed by atoms with E-state index in [1.54, 1.807) is 42.5 Å². The molecule has 0 unspecified atom stereocenters. The second kappa shape index (κ2) is 9.46. The summed E-state index contributed by atoms with van der Waals surface area (Å²) in [6.07, 6.45) is 0. The van der Waals surface area contributed by atoms with Gasteiger partial charge in [-0.15, -0.1) is 11.8 Å². The molecular formula is C18H14Cl3N3O2S. The standard InChI is InChI=1S/C18H14Cl3N3O2S/c19-12-6-4-11(5-7-12)18-23-17(26-24-18)8-22-16(25)10-27-9-13-14(20)2-1-3-15(13)21/h1-7H,8-10H2,(H,22,25). The summed E-state index contributed by atoms with van der Waals surface area (Å²) in [4.78, 5) is 16.2. The molecule has 0 aliphatic heterocycles. The highest BCUT2D eigenvalue weighted by Crippen LogP contribution is 2.28. The molecule has 3 rings (SSSR count). The molecule has 5 nitrogen and oxygen atoms in total. The highest BCUT2D eigenvalue weighted by molar-refractivity contribution is 7.99. The van der Waals surface area contributed by atoms with Crippen LogP contribution in [-0.2, 0) is 17.1 Å². The molecule has 27 heavy (non-hydrogen) atoms. The van der Waals surface area contributed by atoms with Crippen molar-refractivity contribution in [1.82, 2.24) is 15.5 Å². The van der Waals surface area contributed by atoms with Gasteiger partial charge in [0.05, 0.1) is 12.3 Å². The van der Waals surface area contributed by atoms with Crippen molar-refractivity contribution in [2.45, 2.75) is 12.3 Å². The van der Waals surface area contributed by atoms with Crippen LogP contribution in [0.25, 0.3) is 11.4 Å². The average molecular weight is 443 g/mol. The maximum Gasteiger partial charge on any atom is 0.246 e. The van der Waals surface area contributed by atoms with Gasteiger partial charge in [-0.3, -0.25) is 4.79 Å². The zero-order valence-electron chi connectivity index (χ0n) is 13.9. The van der Waals surface area contributed by atoms with Crippen LogP contribution >= 0.6 is 46.6 Å². The second-order valence-corrected chi connectivity index (χ2v) is 7.72. The number of amides is 1. The van der Waals surface area contributed by atoms with Crippen molar-refractivity contribution < 1.29 is 9.32 Å². The fraction of sp³-hybridized carbons (Fsp3) is 0.167. The van der Waals surface area contributed by atoms with Crippen molar-refractivity contribution in [2.75, 3.05) is 5.75 Å². The minimum absolute atomic E-state index is 0.144. The predicted molar refractivity (Wildman–Crippen MR) is 109 cm³/mol. The number of rotatable bonds is 7. The molecule has 1 N–H and O–H groups in total. The number of thioether (sulfide) groups is 1. The van der Waals surface area contributed by atoms with Crippen molar-refractivity contribution in [1.29, 1.82) is 0 Å². The Labute approximate surface area is 175 Å². The molecule has 0 aliphatic carbocycles. The lowest BCUT2D eigenvalue weighted by molar-refractivity contribution is -0.118. The van der Waals surface area contributed by atoms with E-state index < -0.39 is 0 Å². The van der Waals surface area contributed by atoms with Crippen molar-refractivity contribution in [3.63, 3.8) is 0 Å². The molecular weight excluding hydrogens is 429 g/mol. The molecule has 2 aromatic carbocycles. The molecule has 0 saturated carbocycles. The molecule has 0 fully saturated rings. The topological polar surface area (TPSA) is 68.0 Å². The van der Waals surface area contributed by atoms with E-state index in [1.165, 1.54) is 11.8 Å². The number of nitrogens with one attached hydrogen (secondary N) is 1. The van der Waals surface area contributed by atoms with Crippen LogP contribution in [0.5, 0.6) is 0 Å². The third-order valence-corrected chi connectivity index (χ3v) is 5.47. The Morgan fingerprint density at radius 1 is 1.07 bits per heavy atom. The lowest BCUT2D eigenvalue weighted by atomic mass is 10.2. The molecule has 1 amide bonds. The largest absolute Gasteiger partial charge is 0.346 e. The molecule has 1 heterocycles. The van der Waals surface area contributed by atoms with Gasteiger partial charge in [0.25, 0.3) is 0 Å². The molecule has 0 spiro atoms. The Balaban J connectivity index is 1.46. The minimum Gasteiger partial charge on any atom is -0.346 e. The summed E-state index contributed by atoms with van der Waals surface area (Å²) in [6.45, 7) is 0.160. The van der Waals surface area contributed by atoms with Gasteiger partial charge in [0.1, 0.15) is 0 Å². The van der Waals surface area contributed by atoms with Crippen molar-refractivity contribution in [3.05, 3.63) is 69.0 Å². The third kappa shape index (κ3) is 5.62. The highest BCUT2D eigenvalue weighted by Gasteiger charge is 2.11. The zero-order valence-corrected chi connectivity index (χ0v) is 17.0. The lowest BCUT2D eigenvalue weighted by Crippen LogP contribution is -2.24. The number of benzene rings is 2. The maximum absolute atomic E-state index is 12.0. The number of nitrogens with zero attached hydrogens (tertiary/aromatic N) is 2. The number of carbonyl (C=O) groups is 1. The first-order valence-corrected chi connectivity index (χ1v) is 10.2. The Bertz CT molecular complexity index is 912. The Kier molecular flexibility index (Phi) is 7.01. The van der Waals surface area contributed by atoms with Crippen LogP contribution in [-0.4, -0.2) is 21.8 Å². The van der Waals surface area contributed by atoms with Gasteiger partial charge in [0, 0.05) is 26.4 Å². The Morgan fingerprint density at radius 2 is 1.78 bits per heavy atom. The fourth-order valence-electron chi connectivity index (χ4n) is 2.18. The smallest absolute Gasteiger partial charge is 0.246 e. The molecule has 3 aromatic rings. The van der Waals surface area contributed by atoms with Crippen LogP contribution in [0.2, 0.25) is 15.1 Å². The van der Waals surface area contributed by atoms with Gasteiger partial charge in [-0.2, -0.15) is 4.98 Å². The zero-order chi connectivity index (χ0) is 19.2. The normalized spacial score (nSPS) is 10.8. The van der Waals surface area contributed by atoms with Crippen molar-refractivity contribution >= 4 is 52.5 Å². The Hall–Kier alpha value is -1.73. The van der Waals surface area contributed by atoms with E-state index >= 15 is 0 Å². The van der Waals surface area contributed by atoms with E-state index in [0.717, 1.165) is 11.1 Å². The van der Waals surface area contributed by atoms with E-state index in [-0.39, 0.29) is 18.2 Å². The Morgan fingerprint density at radius 3 is 2.48 bits per heavy atom. The summed E-state index contributed by atoms with van der Waals surface area (Å²) in [6, 6.07) is 12.4. The summed E-state index contributed by atoms with van der Waals surface area (Å²) in [5.74, 6) is 1.44. The summed E-state index contributed by atoms with van der Waals surface area (Å²) in [7, 11) is 0. The second-order valence-electron chi connectivity index (χ2n) is 5.49. The molecule has 1 aromatic heterocycles. The number of hydrogen-bond donors (Lipinski definition) is 1. The third-order valence-electron chi connectivity index (χ3n) is 3.55. The number of hydrogen-bond acceptors (Lipinski definition) is 5. The number of aromatic nitrogens is 2. The van der Waals surface area contributed by atoms with Gasteiger partial charge in [0.2, 0.25) is 17.6 Å². The molecule has 0 radical (unpaired) electrons. The van der Waals surface area contributed by atoms with Gasteiger partial charge in [-0.1, -0.05) is 46.0 Å². The van der Waals surface area contributed by atoms with Gasteiger partial charge in [-0.25, -0.2) is 0 Å². The summed E-state index contributed by atoms with van der Waals surface area (Å²) in [5, 5.41) is 8.46. The molecule has 0 bridgehead atoms. The van der Waals surface area contributed by atoms with Crippen molar-refractivity contribution in [2.24, 2.45) is 0 Å². The van der Waals surface area contributed by atoms with Crippen molar-refractivity contribution in [3.8, 4) is 11.4 Å². The van der Waals surface area contributed by atoms with Crippen LogP contribution in [0.15, 0.2) is 47.0 Å². The van der Waals surface area contributed by atoms with Crippen LogP contribution in [0, 0.1) is 0 Å². The van der Waals surface area contributed by atoms with E-state index in [1.807, 2.05) is 0 Å². The molecule has 0 aliphatic rings. The summed E-state index contributed by atoms with van der Waals surface area (Å²) in [5.41, 5.74) is 1.61. The van der Waals surface area contributed by atoms with Crippen LogP contribution in [0.4, 0.5) is 0 Å². The predicted octanol–water partition coefficient (Wildman–Crippen LogP) is 5.25. The van der Waals surface area contributed by atoms with E-state index in [4.69, 9.17) is 39.3 Å². The van der Waals surface area contributed by atoms with Gasteiger partial charge in [-0.05, 0) is 42.0 Å². The first kappa shape index (κ1) is 20.0. The van der Waals surface area contributed by atoms with Gasteiger partial charge < -0.3 is 9.84 Å². The summed E-state index contributed by atoms with van der Waals surface area (Å²) < 4.78 is 5.15. The maximum atomic E-state index is 12.0. The van der Waals surface area contributed by atoms with E-state index in [0.29, 0.717) is 32.5 Å². The first-order valence-electron chi connectivity index (χ1n) is 7.89. The van der Waals surface area contributed by atoms with Gasteiger partial charge >= 0.3 is 0 Å². The molecule has 0 atom stereocenters. The van der Waals surface area contributed by atoms with Crippen LogP contribution in [0.1, 0.15) is 11.5 Å². The highest BCUT2D eigenvalue weighted by atomic mass is 35.5. The lowest BCUT2D eigenvalue weighted by Gasteiger charge is -2.06.